The Morgan fingerprint density at radius 2 is 1.52 bits per heavy atom. The quantitative estimate of drug-likeness (QED) is 0.521. The van der Waals surface area contributed by atoms with Gasteiger partial charge in [-0.2, -0.15) is 17.6 Å². The van der Waals surface area contributed by atoms with Gasteiger partial charge in [-0.25, -0.2) is 8.42 Å². The maximum absolute atomic E-state index is 12.6. The van der Waals surface area contributed by atoms with Gasteiger partial charge in [-0.3, -0.25) is 4.90 Å². The largest absolute Gasteiger partial charge is 0.490 e. The molecule has 0 radical (unpaired) electrons. The lowest BCUT2D eigenvalue weighted by molar-refractivity contribution is -0.0514. The standard InChI is InChI=1S/C19H21F4NO4S/c1-3-27-17-10-14(6-9-16(17)28-18(20)21)12-24(2)11-13-4-7-15(8-5-13)29(25,26)19(22)23/h4-10,18-19H,3,11-12H2,1-2H3. The van der Waals surface area contributed by atoms with Gasteiger partial charge in [0, 0.05) is 13.1 Å². The first kappa shape index (κ1) is 23.0. The van der Waals surface area contributed by atoms with Crippen molar-refractivity contribution >= 4 is 9.84 Å². The van der Waals surface area contributed by atoms with Gasteiger partial charge in [0.1, 0.15) is 0 Å². The zero-order valence-electron chi connectivity index (χ0n) is 15.8. The number of hydrogen-bond donors (Lipinski definition) is 0. The topological polar surface area (TPSA) is 55.8 Å². The van der Waals surface area contributed by atoms with Crippen molar-refractivity contribution in [1.82, 2.24) is 4.90 Å². The fraction of sp³-hybridized carbons (Fsp3) is 0.368. The lowest BCUT2D eigenvalue weighted by Crippen LogP contribution is -2.17. The number of halogens is 4. The van der Waals surface area contributed by atoms with Crippen molar-refractivity contribution in [3.8, 4) is 11.5 Å². The van der Waals surface area contributed by atoms with E-state index in [-0.39, 0.29) is 18.1 Å². The minimum absolute atomic E-state index is 0.0518. The molecule has 10 heteroatoms. The molecule has 0 saturated heterocycles. The molecule has 0 N–H and O–H groups in total. The molecule has 0 aliphatic heterocycles. The zero-order valence-corrected chi connectivity index (χ0v) is 16.6. The van der Waals surface area contributed by atoms with Gasteiger partial charge < -0.3 is 9.47 Å². The molecule has 0 amide bonds. The van der Waals surface area contributed by atoms with E-state index in [0.29, 0.717) is 13.1 Å². The van der Waals surface area contributed by atoms with Gasteiger partial charge in [0.2, 0.25) is 9.84 Å². The molecule has 2 rings (SSSR count). The Balaban J connectivity index is 2.07. The Bertz CT molecular complexity index is 905. The van der Waals surface area contributed by atoms with Crippen molar-refractivity contribution in [2.24, 2.45) is 0 Å². The Kier molecular flexibility index (Phi) is 7.86. The molecule has 29 heavy (non-hydrogen) atoms. The summed E-state index contributed by atoms with van der Waals surface area (Å²) in [6.07, 6.45) is 0. The molecule has 0 unspecified atom stereocenters. The molecule has 0 bridgehead atoms. The van der Waals surface area contributed by atoms with E-state index in [4.69, 9.17) is 4.74 Å². The van der Waals surface area contributed by atoms with Gasteiger partial charge in [-0.15, -0.1) is 0 Å². The molecule has 0 spiro atoms. The van der Waals surface area contributed by atoms with E-state index < -0.39 is 27.1 Å². The maximum Gasteiger partial charge on any atom is 0.387 e. The fourth-order valence-electron chi connectivity index (χ4n) is 2.68. The van der Waals surface area contributed by atoms with Crippen LogP contribution in [0.4, 0.5) is 17.6 Å². The van der Waals surface area contributed by atoms with Gasteiger partial charge in [0.05, 0.1) is 11.5 Å². The molecule has 0 heterocycles. The smallest absolute Gasteiger partial charge is 0.387 e. The fourth-order valence-corrected chi connectivity index (χ4v) is 3.40. The number of rotatable bonds is 10. The summed E-state index contributed by atoms with van der Waals surface area (Å²) in [7, 11) is -2.82. The maximum atomic E-state index is 12.6. The van der Waals surface area contributed by atoms with Crippen molar-refractivity contribution < 1.29 is 35.5 Å². The molecule has 160 valence electrons. The SMILES string of the molecule is CCOc1cc(CN(C)Cc2ccc(S(=O)(=O)C(F)F)cc2)ccc1OC(F)F. The van der Waals surface area contributed by atoms with E-state index >= 15 is 0 Å². The number of nitrogens with zero attached hydrogens (tertiary/aromatic N) is 1. The van der Waals surface area contributed by atoms with E-state index in [1.54, 1.807) is 26.1 Å². The Morgan fingerprint density at radius 3 is 2.07 bits per heavy atom. The molecule has 2 aromatic rings. The summed E-state index contributed by atoms with van der Waals surface area (Å²) in [4.78, 5) is 1.45. The predicted octanol–water partition coefficient (Wildman–Crippen LogP) is 4.32. The molecule has 0 aliphatic carbocycles. The summed E-state index contributed by atoms with van der Waals surface area (Å²) < 4.78 is 82.8. The molecular formula is C19H21F4NO4S. The van der Waals surface area contributed by atoms with Crippen LogP contribution in [0, 0.1) is 0 Å². The lowest BCUT2D eigenvalue weighted by atomic mass is 10.1. The minimum Gasteiger partial charge on any atom is -0.490 e. The van der Waals surface area contributed by atoms with Crippen LogP contribution in [0.3, 0.4) is 0 Å². The number of ether oxygens (including phenoxy) is 2. The highest BCUT2D eigenvalue weighted by molar-refractivity contribution is 7.91. The molecule has 0 aliphatic rings. The van der Waals surface area contributed by atoms with Gasteiger partial charge >= 0.3 is 12.4 Å². The van der Waals surface area contributed by atoms with Crippen LogP contribution in [0.15, 0.2) is 47.4 Å². The summed E-state index contributed by atoms with van der Waals surface area (Å²) >= 11 is 0. The zero-order chi connectivity index (χ0) is 21.6. The normalized spacial score (nSPS) is 12.0. The molecule has 0 atom stereocenters. The third-order valence-electron chi connectivity index (χ3n) is 3.92. The van der Waals surface area contributed by atoms with E-state index in [0.717, 1.165) is 23.3 Å². The number of hydrogen-bond acceptors (Lipinski definition) is 5. The second-order valence-corrected chi connectivity index (χ2v) is 8.13. The molecule has 0 saturated carbocycles. The van der Waals surface area contributed by atoms with Crippen LogP contribution >= 0.6 is 0 Å². The summed E-state index contributed by atoms with van der Waals surface area (Å²) in [5, 5.41) is 0. The van der Waals surface area contributed by atoms with Crippen molar-refractivity contribution in [2.75, 3.05) is 13.7 Å². The summed E-state index contributed by atoms with van der Waals surface area (Å²) in [6.45, 7) is -0.102. The third kappa shape index (κ3) is 6.33. The van der Waals surface area contributed by atoms with Crippen molar-refractivity contribution in [2.45, 2.75) is 37.3 Å². The van der Waals surface area contributed by atoms with Crippen LogP contribution in [-0.2, 0) is 22.9 Å². The van der Waals surface area contributed by atoms with Crippen LogP contribution in [0.25, 0.3) is 0 Å². The van der Waals surface area contributed by atoms with Gasteiger partial charge in [-0.1, -0.05) is 18.2 Å². The van der Waals surface area contributed by atoms with Crippen molar-refractivity contribution in [1.29, 1.82) is 0 Å². The molecule has 0 aromatic heterocycles. The number of alkyl halides is 4. The van der Waals surface area contributed by atoms with E-state index in [2.05, 4.69) is 4.74 Å². The highest BCUT2D eigenvalue weighted by Crippen LogP contribution is 2.30. The lowest BCUT2D eigenvalue weighted by Gasteiger charge is -2.18. The predicted molar refractivity (Wildman–Crippen MR) is 99.0 cm³/mol. The molecule has 0 fully saturated rings. The average molecular weight is 435 g/mol. The average Bonchev–Trinajstić information content (AvgIpc) is 2.64. The summed E-state index contributed by atoms with van der Waals surface area (Å²) in [6, 6.07) is 9.88. The Morgan fingerprint density at radius 1 is 0.931 bits per heavy atom. The first-order valence-corrected chi connectivity index (χ1v) is 10.2. The summed E-state index contributed by atoms with van der Waals surface area (Å²) in [5.41, 5.74) is 1.51. The highest BCUT2D eigenvalue weighted by Gasteiger charge is 2.26. The first-order valence-electron chi connectivity index (χ1n) is 8.63. The van der Waals surface area contributed by atoms with Gasteiger partial charge in [-0.05, 0) is 49.4 Å². The Hall–Kier alpha value is -2.33. The number of benzene rings is 2. The highest BCUT2D eigenvalue weighted by atomic mass is 32.2. The van der Waals surface area contributed by atoms with Crippen LogP contribution in [0.5, 0.6) is 11.5 Å². The van der Waals surface area contributed by atoms with Crippen LogP contribution < -0.4 is 9.47 Å². The first-order chi connectivity index (χ1) is 13.6. The van der Waals surface area contributed by atoms with Crippen LogP contribution in [0.1, 0.15) is 18.1 Å². The van der Waals surface area contributed by atoms with Crippen LogP contribution in [0.2, 0.25) is 0 Å². The van der Waals surface area contributed by atoms with Crippen LogP contribution in [-0.4, -0.2) is 39.3 Å². The third-order valence-corrected chi connectivity index (χ3v) is 5.31. The van der Waals surface area contributed by atoms with Gasteiger partial charge in [0.15, 0.2) is 11.5 Å². The molecule has 2 aromatic carbocycles. The second-order valence-electron chi connectivity index (χ2n) is 6.21. The van der Waals surface area contributed by atoms with Crippen molar-refractivity contribution in [3.05, 3.63) is 53.6 Å². The van der Waals surface area contributed by atoms with Gasteiger partial charge in [0.25, 0.3) is 0 Å². The minimum atomic E-state index is -4.62. The monoisotopic (exact) mass is 435 g/mol. The molecule has 5 nitrogen and oxygen atoms in total. The second kappa shape index (κ2) is 9.93. The van der Waals surface area contributed by atoms with Crippen molar-refractivity contribution in [3.63, 3.8) is 0 Å². The van der Waals surface area contributed by atoms with E-state index in [1.807, 2.05) is 4.90 Å². The van der Waals surface area contributed by atoms with E-state index in [1.165, 1.54) is 18.2 Å². The Labute approximate surface area is 166 Å². The molecular weight excluding hydrogens is 414 g/mol. The van der Waals surface area contributed by atoms with E-state index in [9.17, 15) is 26.0 Å². The summed E-state index contributed by atoms with van der Waals surface area (Å²) in [5.74, 6) is -3.31. The number of sulfone groups is 1.